The smallest absolute Gasteiger partial charge is 0.465 e. The predicted molar refractivity (Wildman–Crippen MR) is 263 cm³/mol. The molecule has 4 rings (SSSR count). The zero-order valence-electron chi connectivity index (χ0n) is 41.7. The summed E-state index contributed by atoms with van der Waals surface area (Å²) in [6, 6.07) is 22.4. The molecule has 3 aromatic carbocycles. The largest absolute Gasteiger partial charge is 0.501 e. The number of esters is 4. The zero-order valence-corrected chi connectivity index (χ0v) is 42.7. The Kier molecular flexibility index (Phi) is 21.8. The second kappa shape index (κ2) is 26.9. The Morgan fingerprint density at radius 3 is 1.96 bits per heavy atom. The van der Waals surface area contributed by atoms with Crippen LogP contribution in [0, 0.1) is 34.7 Å². The van der Waals surface area contributed by atoms with Gasteiger partial charge in [0.2, 0.25) is 0 Å². The molecule has 1 N–H and O–H groups in total. The van der Waals surface area contributed by atoms with Gasteiger partial charge in [0, 0.05) is 37.0 Å². The van der Waals surface area contributed by atoms with Gasteiger partial charge in [-0.1, -0.05) is 87.9 Å². The van der Waals surface area contributed by atoms with E-state index in [-0.39, 0.29) is 58.0 Å². The summed E-state index contributed by atoms with van der Waals surface area (Å²) in [4.78, 5) is 59.0. The molecule has 0 amide bonds. The van der Waals surface area contributed by atoms with Gasteiger partial charge >= 0.3 is 32.7 Å². The van der Waals surface area contributed by atoms with Gasteiger partial charge in [-0.05, 0) is 113 Å². The summed E-state index contributed by atoms with van der Waals surface area (Å²) in [5, 5.41) is 19.2. The lowest BCUT2D eigenvalue weighted by Gasteiger charge is -2.38. The molecule has 0 bridgehead atoms. The van der Waals surface area contributed by atoms with Crippen LogP contribution in [0.2, 0.25) is 6.04 Å². The standard InChI is InChI=1S/C54H70N2O12Si/c1-10-15-29-63-51(60)53(7,11-2)37-54(8,52(61)64-30-19-32-69(66-12-3,67-13-4)68-14-5)34-41(33-38(6)49(58)62-31-28-57)40-26-24-39(25-27-40)36-65-50(59)45-23-18-22-44-47(45)42-20-16-17-21-43(42)48(44)46(35-55)56-9/h16-18,20-27,38,41,57H,10-15,19,28-34,36-37H2,1-8H3/b48-46+. The van der Waals surface area contributed by atoms with Gasteiger partial charge in [-0.25, -0.2) is 14.9 Å². The van der Waals surface area contributed by atoms with E-state index in [0.29, 0.717) is 78.5 Å². The number of hydrogen-bond donors (Lipinski definition) is 1. The summed E-state index contributed by atoms with van der Waals surface area (Å²) in [6.45, 7) is 23.5. The van der Waals surface area contributed by atoms with Crippen LogP contribution in [0.15, 0.2) is 72.4 Å². The number of fused-ring (bicyclic) bond motifs is 3. The second-order valence-corrected chi connectivity index (χ2v) is 20.6. The Morgan fingerprint density at radius 1 is 0.768 bits per heavy atom. The van der Waals surface area contributed by atoms with Crippen molar-refractivity contribution >= 4 is 38.3 Å². The first-order chi connectivity index (χ1) is 33.1. The molecule has 14 nitrogen and oxygen atoms in total. The number of benzene rings is 3. The van der Waals surface area contributed by atoms with Crippen molar-refractivity contribution in [2.45, 2.75) is 119 Å². The van der Waals surface area contributed by atoms with E-state index >= 15 is 0 Å². The molecule has 0 saturated carbocycles. The predicted octanol–water partition coefficient (Wildman–Crippen LogP) is 10.4. The number of rotatable bonds is 29. The lowest BCUT2D eigenvalue weighted by atomic mass is 9.66. The number of nitrogens with zero attached hydrogens (tertiary/aromatic N) is 2. The summed E-state index contributed by atoms with van der Waals surface area (Å²) in [6.07, 6.45) is 2.91. The third-order valence-electron chi connectivity index (χ3n) is 12.6. The highest BCUT2D eigenvalue weighted by molar-refractivity contribution is 6.60. The number of ether oxygens (including phenoxy) is 4. The summed E-state index contributed by atoms with van der Waals surface area (Å²) in [5.41, 5.74) is 2.50. The second-order valence-electron chi connectivity index (χ2n) is 17.8. The Morgan fingerprint density at radius 2 is 1.38 bits per heavy atom. The lowest BCUT2D eigenvalue weighted by molar-refractivity contribution is -0.165. The molecule has 0 radical (unpaired) electrons. The van der Waals surface area contributed by atoms with Crippen molar-refractivity contribution in [2.75, 3.05) is 46.2 Å². The van der Waals surface area contributed by atoms with Gasteiger partial charge in [-0.15, -0.1) is 0 Å². The number of aliphatic hydroxyl groups excluding tert-OH is 1. The number of hydrogen-bond acceptors (Lipinski definition) is 13. The Labute approximate surface area is 409 Å². The first-order valence-corrected chi connectivity index (χ1v) is 26.1. The molecule has 372 valence electrons. The minimum Gasteiger partial charge on any atom is -0.465 e. The van der Waals surface area contributed by atoms with Gasteiger partial charge in [0.25, 0.3) is 5.70 Å². The quantitative estimate of drug-likeness (QED) is 0.0136. The normalized spacial score (nSPS) is 15.2. The van der Waals surface area contributed by atoms with Crippen molar-refractivity contribution in [3.63, 3.8) is 0 Å². The summed E-state index contributed by atoms with van der Waals surface area (Å²) in [7, 11) is -3.02. The average molecular weight is 967 g/mol. The molecule has 0 heterocycles. The molecule has 4 unspecified atom stereocenters. The van der Waals surface area contributed by atoms with Gasteiger partial charge < -0.3 is 37.3 Å². The Hall–Kier alpha value is -5.68. The molecule has 4 atom stereocenters. The van der Waals surface area contributed by atoms with Gasteiger partial charge in [-0.2, -0.15) is 0 Å². The molecular formula is C54H70N2O12Si. The molecule has 0 fully saturated rings. The van der Waals surface area contributed by atoms with Crippen LogP contribution < -0.4 is 0 Å². The maximum atomic E-state index is 14.7. The van der Waals surface area contributed by atoms with Crippen LogP contribution in [0.5, 0.6) is 0 Å². The van der Waals surface area contributed by atoms with Crippen molar-refractivity contribution < 1.29 is 56.5 Å². The SMILES string of the molecule is [C-]#[N+]/C(C#N)=C1\c2ccccc2-c2c(C(=O)OCc3ccc(C(CC(C)C(=O)OCCO)CC(C)(CC(C)(CC)C(=O)OCCCC)C(=O)OCCC[Si](OCC)(OCC)OCC)cc3)cccc21. The monoisotopic (exact) mass is 966 g/mol. The minimum absolute atomic E-state index is 0.0558. The van der Waals surface area contributed by atoms with Crippen molar-refractivity contribution in [2.24, 2.45) is 16.7 Å². The van der Waals surface area contributed by atoms with Gasteiger partial charge in [0.05, 0.1) is 54.8 Å². The zero-order chi connectivity index (χ0) is 50.6. The number of aliphatic hydroxyl groups is 1. The minimum atomic E-state index is -3.02. The Balaban J connectivity index is 1.66. The highest BCUT2D eigenvalue weighted by Crippen LogP contribution is 2.48. The van der Waals surface area contributed by atoms with Crippen molar-refractivity contribution in [3.05, 3.63) is 112 Å². The fourth-order valence-corrected chi connectivity index (χ4v) is 11.6. The summed E-state index contributed by atoms with van der Waals surface area (Å²) in [5.74, 6) is -3.05. The van der Waals surface area contributed by atoms with Crippen LogP contribution in [0.4, 0.5) is 0 Å². The van der Waals surface area contributed by atoms with Gasteiger partial charge in [-0.3, -0.25) is 14.4 Å². The van der Waals surface area contributed by atoms with E-state index in [1.807, 2.05) is 96.1 Å². The average Bonchev–Trinajstić information content (AvgIpc) is 3.68. The number of carbonyl (C=O) groups is 4. The first-order valence-electron chi connectivity index (χ1n) is 24.2. The summed E-state index contributed by atoms with van der Waals surface area (Å²) >= 11 is 0. The topological polar surface area (TPSA) is 181 Å². The van der Waals surface area contributed by atoms with E-state index in [1.165, 1.54) is 0 Å². The molecule has 69 heavy (non-hydrogen) atoms. The highest BCUT2D eigenvalue weighted by Gasteiger charge is 2.47. The van der Waals surface area contributed by atoms with Crippen LogP contribution in [-0.4, -0.2) is 84.0 Å². The fraction of sp³-hybridized carbons (Fsp3) is 0.519. The molecule has 1 aliphatic carbocycles. The molecule has 15 heteroatoms. The number of unbranched alkanes of at least 4 members (excludes halogenated alkanes) is 1. The van der Waals surface area contributed by atoms with Crippen LogP contribution in [-0.2, 0) is 53.2 Å². The van der Waals surface area contributed by atoms with Gasteiger partial charge in [0.15, 0.2) is 0 Å². The van der Waals surface area contributed by atoms with E-state index in [1.54, 1.807) is 32.0 Å². The summed E-state index contributed by atoms with van der Waals surface area (Å²) < 4.78 is 41.2. The van der Waals surface area contributed by atoms with Crippen LogP contribution in [0.1, 0.15) is 139 Å². The van der Waals surface area contributed by atoms with Crippen LogP contribution in [0.3, 0.4) is 0 Å². The maximum absolute atomic E-state index is 14.7. The van der Waals surface area contributed by atoms with E-state index < -0.39 is 55.3 Å². The third kappa shape index (κ3) is 14.4. The molecule has 3 aromatic rings. The fourth-order valence-electron chi connectivity index (χ4n) is 9.03. The van der Waals surface area contributed by atoms with E-state index in [9.17, 15) is 29.5 Å². The lowest BCUT2D eigenvalue weighted by Crippen LogP contribution is -2.46. The molecule has 0 aromatic heterocycles. The van der Waals surface area contributed by atoms with Crippen LogP contribution in [0.25, 0.3) is 21.5 Å². The molecule has 0 aliphatic heterocycles. The van der Waals surface area contributed by atoms with Crippen molar-refractivity contribution in [3.8, 4) is 17.2 Å². The van der Waals surface area contributed by atoms with Crippen LogP contribution >= 0.6 is 0 Å². The number of carbonyl (C=O) groups excluding carboxylic acids is 4. The van der Waals surface area contributed by atoms with E-state index in [4.69, 9.17) is 38.8 Å². The molecule has 1 aliphatic rings. The van der Waals surface area contributed by atoms with E-state index in [0.717, 1.165) is 17.5 Å². The first kappa shape index (κ1) is 55.9. The molecule has 0 spiro atoms. The number of nitriles is 1. The highest BCUT2D eigenvalue weighted by atomic mass is 28.4. The van der Waals surface area contributed by atoms with Crippen molar-refractivity contribution in [1.29, 1.82) is 5.26 Å². The molecule has 0 saturated heterocycles. The number of allylic oxidation sites excluding steroid dienone is 1. The molecular weight excluding hydrogens is 897 g/mol. The maximum Gasteiger partial charge on any atom is 0.501 e. The third-order valence-corrected chi connectivity index (χ3v) is 15.7. The Bertz CT molecular complexity index is 2300. The van der Waals surface area contributed by atoms with Crippen molar-refractivity contribution in [1.82, 2.24) is 0 Å². The van der Waals surface area contributed by atoms with Gasteiger partial charge in [0.1, 0.15) is 13.2 Å². The van der Waals surface area contributed by atoms with E-state index in [2.05, 4.69) is 4.85 Å².